The summed E-state index contributed by atoms with van der Waals surface area (Å²) >= 11 is 0. The summed E-state index contributed by atoms with van der Waals surface area (Å²) in [6.45, 7) is 1.84. The summed E-state index contributed by atoms with van der Waals surface area (Å²) in [7, 11) is 0. The molecule has 0 fully saturated rings. The summed E-state index contributed by atoms with van der Waals surface area (Å²) in [5.74, 6) is -0.281. The van der Waals surface area contributed by atoms with Crippen LogP contribution >= 0.6 is 0 Å². The quantitative estimate of drug-likeness (QED) is 0.521. The first-order valence-electron chi connectivity index (χ1n) is 8.41. The van der Waals surface area contributed by atoms with E-state index in [1.54, 1.807) is 30.3 Å². The molecule has 1 heterocycles. The number of hydrogen-bond acceptors (Lipinski definition) is 3. The van der Waals surface area contributed by atoms with Crippen molar-refractivity contribution in [1.29, 1.82) is 5.26 Å². The number of benzene rings is 2. The molecule has 0 radical (unpaired) electrons. The number of nitrogens with zero attached hydrogens (tertiary/aromatic N) is 1. The Balaban J connectivity index is 1.78. The predicted octanol–water partition coefficient (Wildman–Crippen LogP) is 4.87. The zero-order valence-corrected chi connectivity index (χ0v) is 14.6. The molecule has 4 nitrogen and oxygen atoms in total. The van der Waals surface area contributed by atoms with E-state index in [4.69, 9.17) is 4.42 Å². The van der Waals surface area contributed by atoms with Crippen molar-refractivity contribution >= 4 is 12.0 Å². The molecule has 134 valence electrons. The first-order chi connectivity index (χ1) is 13.1. The zero-order chi connectivity index (χ0) is 19.2. The van der Waals surface area contributed by atoms with Crippen molar-refractivity contribution in [3.05, 3.63) is 89.4 Å². The van der Waals surface area contributed by atoms with Crippen LogP contribution in [0.1, 0.15) is 24.3 Å². The normalized spacial score (nSPS) is 12.3. The van der Waals surface area contributed by atoms with Gasteiger partial charge in [-0.15, -0.1) is 0 Å². The lowest BCUT2D eigenvalue weighted by molar-refractivity contribution is -0.117. The Labute approximate surface area is 156 Å². The molecule has 0 saturated carbocycles. The van der Waals surface area contributed by atoms with Gasteiger partial charge in [0, 0.05) is 6.08 Å². The second kappa shape index (κ2) is 8.15. The summed E-state index contributed by atoms with van der Waals surface area (Å²) in [4.78, 5) is 12.4. The van der Waals surface area contributed by atoms with Gasteiger partial charge in [0.2, 0.25) is 0 Å². The van der Waals surface area contributed by atoms with Crippen LogP contribution in [-0.4, -0.2) is 5.91 Å². The lowest BCUT2D eigenvalue weighted by Gasteiger charge is -2.13. The molecule has 1 N–H and O–H groups in total. The van der Waals surface area contributed by atoms with Gasteiger partial charge in [-0.2, -0.15) is 5.26 Å². The number of carbonyl (C=O) groups is 1. The van der Waals surface area contributed by atoms with Crippen molar-refractivity contribution in [3.63, 3.8) is 0 Å². The molecule has 0 aliphatic rings. The third kappa shape index (κ3) is 4.31. The molecule has 3 rings (SSSR count). The fourth-order valence-electron chi connectivity index (χ4n) is 2.63. The molecule has 1 amide bonds. The molecule has 5 heteroatoms. The van der Waals surface area contributed by atoms with Crippen LogP contribution in [0, 0.1) is 17.1 Å². The number of carbonyl (C=O) groups excluding carboxylic acids is 1. The number of furan rings is 1. The van der Waals surface area contributed by atoms with Gasteiger partial charge in [0.1, 0.15) is 29.0 Å². The molecule has 0 bridgehead atoms. The van der Waals surface area contributed by atoms with Crippen LogP contribution in [-0.2, 0) is 4.79 Å². The van der Waals surface area contributed by atoms with Gasteiger partial charge in [-0.25, -0.2) is 4.39 Å². The summed E-state index contributed by atoms with van der Waals surface area (Å²) in [6, 6.07) is 20.5. The zero-order valence-electron chi connectivity index (χ0n) is 14.6. The van der Waals surface area contributed by atoms with Crippen LogP contribution in [0.3, 0.4) is 0 Å². The SMILES string of the molecule is CC(NC(=O)/C(C#N)=C/c1ccc(-c2ccccc2F)o1)c1ccccc1. The van der Waals surface area contributed by atoms with E-state index in [0.29, 0.717) is 17.1 Å². The maximum absolute atomic E-state index is 13.9. The van der Waals surface area contributed by atoms with Crippen LogP contribution in [0.25, 0.3) is 17.4 Å². The van der Waals surface area contributed by atoms with Crippen molar-refractivity contribution in [2.45, 2.75) is 13.0 Å². The number of nitrogens with one attached hydrogen (secondary N) is 1. The third-order valence-corrected chi connectivity index (χ3v) is 4.06. The maximum atomic E-state index is 13.9. The van der Waals surface area contributed by atoms with Crippen molar-refractivity contribution in [1.82, 2.24) is 5.32 Å². The van der Waals surface area contributed by atoms with E-state index < -0.39 is 11.7 Å². The Morgan fingerprint density at radius 3 is 2.52 bits per heavy atom. The lowest BCUT2D eigenvalue weighted by atomic mass is 10.1. The van der Waals surface area contributed by atoms with Gasteiger partial charge in [0.05, 0.1) is 11.6 Å². The highest BCUT2D eigenvalue weighted by Gasteiger charge is 2.15. The highest BCUT2D eigenvalue weighted by atomic mass is 19.1. The van der Waals surface area contributed by atoms with Gasteiger partial charge in [0.15, 0.2) is 0 Å². The molecule has 1 aromatic heterocycles. The summed E-state index contributed by atoms with van der Waals surface area (Å²) < 4.78 is 19.4. The first-order valence-corrected chi connectivity index (χ1v) is 8.41. The highest BCUT2D eigenvalue weighted by molar-refractivity contribution is 6.01. The number of hydrogen-bond donors (Lipinski definition) is 1. The van der Waals surface area contributed by atoms with E-state index in [2.05, 4.69) is 5.32 Å². The monoisotopic (exact) mass is 360 g/mol. The Hall–Kier alpha value is -3.65. The molecule has 27 heavy (non-hydrogen) atoms. The van der Waals surface area contributed by atoms with E-state index in [1.165, 1.54) is 12.1 Å². The molecule has 2 aromatic carbocycles. The molecular weight excluding hydrogens is 343 g/mol. The molecule has 0 spiro atoms. The van der Waals surface area contributed by atoms with E-state index >= 15 is 0 Å². The van der Waals surface area contributed by atoms with Gasteiger partial charge in [-0.3, -0.25) is 4.79 Å². The van der Waals surface area contributed by atoms with Crippen LogP contribution in [0.2, 0.25) is 0 Å². The number of amides is 1. The van der Waals surface area contributed by atoms with E-state index in [9.17, 15) is 14.4 Å². The van der Waals surface area contributed by atoms with Gasteiger partial charge in [-0.05, 0) is 36.8 Å². The first kappa shape index (κ1) is 18.2. The second-order valence-corrected chi connectivity index (χ2v) is 5.96. The number of nitriles is 1. The van der Waals surface area contributed by atoms with Crippen LogP contribution < -0.4 is 5.32 Å². The summed E-state index contributed by atoms with van der Waals surface area (Å²) in [5, 5.41) is 12.1. The molecule has 1 unspecified atom stereocenters. The summed E-state index contributed by atoms with van der Waals surface area (Å²) in [6.07, 6.45) is 1.34. The third-order valence-electron chi connectivity index (χ3n) is 4.06. The van der Waals surface area contributed by atoms with Crippen molar-refractivity contribution in [2.24, 2.45) is 0 Å². The molecular formula is C22H17FN2O2. The average Bonchev–Trinajstić information content (AvgIpc) is 3.15. The van der Waals surface area contributed by atoms with Gasteiger partial charge in [-0.1, -0.05) is 42.5 Å². The van der Waals surface area contributed by atoms with Crippen LogP contribution in [0.5, 0.6) is 0 Å². The van der Waals surface area contributed by atoms with Crippen molar-refractivity contribution < 1.29 is 13.6 Å². The predicted molar refractivity (Wildman–Crippen MR) is 101 cm³/mol. The fourth-order valence-corrected chi connectivity index (χ4v) is 2.63. The number of rotatable bonds is 5. The topological polar surface area (TPSA) is 66.0 Å². The van der Waals surface area contributed by atoms with E-state index in [0.717, 1.165) is 5.56 Å². The maximum Gasteiger partial charge on any atom is 0.262 e. The van der Waals surface area contributed by atoms with Gasteiger partial charge in [0.25, 0.3) is 5.91 Å². The van der Waals surface area contributed by atoms with E-state index in [-0.39, 0.29) is 11.6 Å². The Morgan fingerprint density at radius 1 is 1.11 bits per heavy atom. The Kier molecular flexibility index (Phi) is 5.48. The average molecular weight is 360 g/mol. The minimum absolute atomic E-state index is 0.0905. The van der Waals surface area contributed by atoms with Crippen LogP contribution in [0.15, 0.2) is 76.7 Å². The van der Waals surface area contributed by atoms with Crippen molar-refractivity contribution in [2.75, 3.05) is 0 Å². The molecule has 0 aliphatic heterocycles. The van der Waals surface area contributed by atoms with Crippen molar-refractivity contribution in [3.8, 4) is 17.4 Å². The standard InChI is InChI=1S/C22H17FN2O2/c1-15(16-7-3-2-4-8-16)25-22(26)17(14-24)13-18-11-12-21(27-18)19-9-5-6-10-20(19)23/h2-13,15H,1H3,(H,25,26)/b17-13+. The van der Waals surface area contributed by atoms with Gasteiger partial charge >= 0.3 is 0 Å². The van der Waals surface area contributed by atoms with E-state index in [1.807, 2.05) is 43.3 Å². The Morgan fingerprint density at radius 2 is 1.81 bits per heavy atom. The minimum Gasteiger partial charge on any atom is -0.457 e. The van der Waals surface area contributed by atoms with Gasteiger partial charge < -0.3 is 9.73 Å². The fraction of sp³-hybridized carbons (Fsp3) is 0.0909. The smallest absolute Gasteiger partial charge is 0.262 e. The highest BCUT2D eigenvalue weighted by Crippen LogP contribution is 2.25. The number of halogens is 1. The van der Waals surface area contributed by atoms with Crippen LogP contribution in [0.4, 0.5) is 4.39 Å². The molecule has 0 saturated heterocycles. The Bertz CT molecular complexity index is 1020. The molecule has 3 aromatic rings. The minimum atomic E-state index is -0.502. The summed E-state index contributed by atoms with van der Waals surface area (Å²) in [5.41, 5.74) is 1.16. The molecule has 1 atom stereocenters. The lowest BCUT2D eigenvalue weighted by Crippen LogP contribution is -2.27. The molecule has 0 aliphatic carbocycles. The largest absolute Gasteiger partial charge is 0.457 e. The second-order valence-electron chi connectivity index (χ2n) is 5.96.